The van der Waals surface area contributed by atoms with Crippen molar-refractivity contribution in [1.29, 1.82) is 0 Å². The minimum atomic E-state index is -0.526. The summed E-state index contributed by atoms with van der Waals surface area (Å²) in [5.41, 5.74) is 1.56. The zero-order valence-corrected chi connectivity index (χ0v) is 13.2. The molecule has 0 aromatic heterocycles. The summed E-state index contributed by atoms with van der Waals surface area (Å²) in [6.45, 7) is 6.88. The Morgan fingerprint density at radius 2 is 2.10 bits per heavy atom. The molecule has 2 N–H and O–H groups in total. The van der Waals surface area contributed by atoms with Gasteiger partial charge in [0.25, 0.3) is 0 Å². The lowest BCUT2D eigenvalue weighted by Gasteiger charge is -2.24. The average molecular weight is 290 g/mol. The highest BCUT2D eigenvalue weighted by atomic mass is 16.3. The van der Waals surface area contributed by atoms with Gasteiger partial charge in [-0.3, -0.25) is 0 Å². The number of rotatable bonds is 6. The number of urea groups is 1. The monoisotopic (exact) mass is 290 g/mol. The summed E-state index contributed by atoms with van der Waals surface area (Å²) in [6, 6.07) is 7.78. The largest absolute Gasteiger partial charge is 0.389 e. The Hall–Kier alpha value is -1.55. The average Bonchev–Trinajstić information content (AvgIpc) is 3.23. The van der Waals surface area contributed by atoms with Crippen LogP contribution in [0.25, 0.3) is 0 Å². The first kappa shape index (κ1) is 15.8. The highest BCUT2D eigenvalue weighted by molar-refractivity contribution is 5.89. The number of anilines is 1. The third-order valence-corrected chi connectivity index (χ3v) is 3.82. The Balaban J connectivity index is 1.99. The maximum Gasteiger partial charge on any atom is 0.322 e. The van der Waals surface area contributed by atoms with Crippen molar-refractivity contribution in [3.05, 3.63) is 29.8 Å². The van der Waals surface area contributed by atoms with Gasteiger partial charge in [-0.05, 0) is 49.8 Å². The molecule has 0 aliphatic heterocycles. The van der Waals surface area contributed by atoms with E-state index in [1.54, 1.807) is 6.92 Å². The first-order chi connectivity index (χ1) is 9.97. The molecule has 1 aliphatic rings. The van der Waals surface area contributed by atoms with Crippen molar-refractivity contribution >= 4 is 11.7 Å². The second kappa shape index (κ2) is 6.94. The third-order valence-electron chi connectivity index (χ3n) is 3.82. The molecular formula is C17H26N2O2. The van der Waals surface area contributed by atoms with Gasteiger partial charge >= 0.3 is 6.03 Å². The molecule has 1 aliphatic carbocycles. The van der Waals surface area contributed by atoms with Crippen LogP contribution in [0.2, 0.25) is 0 Å². The summed E-state index contributed by atoms with van der Waals surface area (Å²) in [6.07, 6.45) is 2.72. The quantitative estimate of drug-likeness (QED) is 0.837. The molecule has 1 aromatic carbocycles. The van der Waals surface area contributed by atoms with Crippen LogP contribution in [-0.2, 0) is 0 Å². The molecule has 1 unspecified atom stereocenters. The number of hydrogen-bond acceptors (Lipinski definition) is 2. The van der Waals surface area contributed by atoms with Crippen molar-refractivity contribution in [1.82, 2.24) is 4.90 Å². The SMILES string of the molecule is CC(C)CCN(C(=O)Nc1cccc(C(C)O)c1)C1CC1. The van der Waals surface area contributed by atoms with E-state index in [0.717, 1.165) is 37.1 Å². The first-order valence-electron chi connectivity index (χ1n) is 7.83. The maximum atomic E-state index is 12.4. The fourth-order valence-electron chi connectivity index (χ4n) is 2.30. The van der Waals surface area contributed by atoms with Gasteiger partial charge < -0.3 is 15.3 Å². The van der Waals surface area contributed by atoms with E-state index in [4.69, 9.17) is 0 Å². The smallest absolute Gasteiger partial charge is 0.322 e. The van der Waals surface area contributed by atoms with Gasteiger partial charge in [-0.2, -0.15) is 0 Å². The molecule has 4 nitrogen and oxygen atoms in total. The zero-order chi connectivity index (χ0) is 15.4. The second-order valence-corrected chi connectivity index (χ2v) is 6.34. The van der Waals surface area contributed by atoms with Gasteiger partial charge in [-0.25, -0.2) is 4.79 Å². The first-order valence-corrected chi connectivity index (χ1v) is 7.83. The molecule has 0 spiro atoms. The van der Waals surface area contributed by atoms with Crippen LogP contribution in [0.4, 0.5) is 10.5 Å². The summed E-state index contributed by atoms with van der Waals surface area (Å²) in [7, 11) is 0. The van der Waals surface area contributed by atoms with E-state index in [1.165, 1.54) is 0 Å². The molecule has 116 valence electrons. The standard InChI is InChI=1S/C17H26N2O2/c1-12(2)9-10-19(16-7-8-16)17(21)18-15-6-4-5-14(11-15)13(3)20/h4-6,11-13,16,20H,7-10H2,1-3H3,(H,18,21). The molecule has 1 atom stereocenters. The number of benzene rings is 1. The van der Waals surface area contributed by atoms with E-state index in [9.17, 15) is 9.90 Å². The van der Waals surface area contributed by atoms with Crippen molar-refractivity contribution in [2.45, 2.75) is 52.2 Å². The van der Waals surface area contributed by atoms with Crippen LogP contribution in [0.5, 0.6) is 0 Å². The van der Waals surface area contributed by atoms with Crippen molar-refractivity contribution in [2.24, 2.45) is 5.92 Å². The van der Waals surface area contributed by atoms with Gasteiger partial charge in [0.2, 0.25) is 0 Å². The Morgan fingerprint density at radius 1 is 1.38 bits per heavy atom. The van der Waals surface area contributed by atoms with E-state index < -0.39 is 6.10 Å². The summed E-state index contributed by atoms with van der Waals surface area (Å²) < 4.78 is 0. The van der Waals surface area contributed by atoms with E-state index in [0.29, 0.717) is 12.0 Å². The molecule has 0 bridgehead atoms. The molecule has 1 saturated carbocycles. The maximum absolute atomic E-state index is 12.4. The normalized spacial score (nSPS) is 15.9. The Labute approximate surface area is 127 Å². The lowest BCUT2D eigenvalue weighted by Crippen LogP contribution is -2.38. The summed E-state index contributed by atoms with van der Waals surface area (Å²) in [5, 5.41) is 12.6. The lowest BCUT2D eigenvalue weighted by molar-refractivity contribution is 0.199. The van der Waals surface area contributed by atoms with E-state index >= 15 is 0 Å². The van der Waals surface area contributed by atoms with Crippen molar-refractivity contribution in [3.8, 4) is 0 Å². The van der Waals surface area contributed by atoms with Crippen molar-refractivity contribution in [2.75, 3.05) is 11.9 Å². The van der Waals surface area contributed by atoms with Crippen LogP contribution in [0.3, 0.4) is 0 Å². The Kier molecular flexibility index (Phi) is 5.23. The predicted molar refractivity (Wildman–Crippen MR) is 85.3 cm³/mol. The van der Waals surface area contributed by atoms with Crippen LogP contribution in [0.15, 0.2) is 24.3 Å². The van der Waals surface area contributed by atoms with Gasteiger partial charge in [0.15, 0.2) is 0 Å². The number of aliphatic hydroxyl groups excluding tert-OH is 1. The fraction of sp³-hybridized carbons (Fsp3) is 0.588. The van der Waals surface area contributed by atoms with Gasteiger partial charge in [0.1, 0.15) is 0 Å². The van der Waals surface area contributed by atoms with E-state index in [1.807, 2.05) is 29.2 Å². The lowest BCUT2D eigenvalue weighted by atomic mass is 10.1. The Morgan fingerprint density at radius 3 is 2.67 bits per heavy atom. The van der Waals surface area contributed by atoms with Crippen LogP contribution in [-0.4, -0.2) is 28.6 Å². The number of amides is 2. The summed E-state index contributed by atoms with van der Waals surface area (Å²) >= 11 is 0. The molecule has 21 heavy (non-hydrogen) atoms. The highest BCUT2D eigenvalue weighted by Gasteiger charge is 2.32. The Bertz CT molecular complexity index is 481. The minimum Gasteiger partial charge on any atom is -0.389 e. The molecular weight excluding hydrogens is 264 g/mol. The molecule has 1 aromatic rings. The molecule has 2 rings (SSSR count). The third kappa shape index (κ3) is 4.74. The van der Waals surface area contributed by atoms with Crippen LogP contribution < -0.4 is 5.32 Å². The van der Waals surface area contributed by atoms with Crippen LogP contribution in [0.1, 0.15) is 51.7 Å². The van der Waals surface area contributed by atoms with E-state index in [2.05, 4.69) is 19.2 Å². The molecule has 0 saturated heterocycles. The highest BCUT2D eigenvalue weighted by Crippen LogP contribution is 2.28. The number of hydrogen-bond donors (Lipinski definition) is 2. The van der Waals surface area contributed by atoms with Gasteiger partial charge in [-0.1, -0.05) is 26.0 Å². The number of aliphatic hydroxyl groups is 1. The summed E-state index contributed by atoms with van der Waals surface area (Å²) in [4.78, 5) is 14.4. The fourth-order valence-corrected chi connectivity index (χ4v) is 2.30. The zero-order valence-electron chi connectivity index (χ0n) is 13.2. The van der Waals surface area contributed by atoms with Crippen molar-refractivity contribution < 1.29 is 9.90 Å². The van der Waals surface area contributed by atoms with Crippen molar-refractivity contribution in [3.63, 3.8) is 0 Å². The number of carbonyl (C=O) groups excluding carboxylic acids is 1. The number of nitrogens with one attached hydrogen (secondary N) is 1. The topological polar surface area (TPSA) is 52.6 Å². The molecule has 1 fully saturated rings. The minimum absolute atomic E-state index is 0.0270. The van der Waals surface area contributed by atoms with Gasteiger partial charge in [0.05, 0.1) is 6.10 Å². The molecule has 0 radical (unpaired) electrons. The van der Waals surface area contributed by atoms with Crippen LogP contribution >= 0.6 is 0 Å². The number of carbonyl (C=O) groups is 1. The summed E-state index contributed by atoms with van der Waals surface area (Å²) in [5.74, 6) is 0.595. The molecule has 2 amide bonds. The number of nitrogens with zero attached hydrogens (tertiary/aromatic N) is 1. The molecule has 0 heterocycles. The van der Waals surface area contributed by atoms with Crippen LogP contribution in [0, 0.1) is 5.92 Å². The van der Waals surface area contributed by atoms with Gasteiger partial charge in [-0.15, -0.1) is 0 Å². The second-order valence-electron chi connectivity index (χ2n) is 6.34. The van der Waals surface area contributed by atoms with Gasteiger partial charge in [0, 0.05) is 18.3 Å². The predicted octanol–water partition coefficient (Wildman–Crippen LogP) is 3.78. The van der Waals surface area contributed by atoms with E-state index in [-0.39, 0.29) is 6.03 Å². The molecule has 4 heteroatoms.